The first-order valence-corrected chi connectivity index (χ1v) is 33.6. The number of aliphatic hydroxyl groups is 1. The SMILES string of the molecule is CCCCCCCCCCCCCC(=O)OC[C@H](COP(=O)(O)OC[C@@H](O)COP(=O)(O)OC[C@@H](COC(=O)CCCCCCC)OC(=O)CCCCCCCCCCCC)OC(=O)CCCCCCCCCCC(C)C. The Morgan fingerprint density at radius 3 is 0.883 bits per heavy atom. The number of hydrogen-bond donors (Lipinski definition) is 3. The summed E-state index contributed by atoms with van der Waals surface area (Å²) < 4.78 is 67.5. The molecule has 2 unspecified atom stereocenters. The van der Waals surface area contributed by atoms with E-state index in [-0.39, 0.29) is 25.7 Å². The van der Waals surface area contributed by atoms with Gasteiger partial charge in [0, 0.05) is 25.7 Å². The standard InChI is InChI=1S/C58H112O17P2/c1-6-9-12-15-17-19-21-23-27-32-37-42-56(61)69-48-54(75-58(63)44-39-34-29-25-24-26-31-35-40-51(4)5)50-73-77(66,67)71-46-52(59)45-70-76(64,65)72-49-53(47-68-55(60)41-36-30-14-11-8-3)74-57(62)43-38-33-28-22-20-18-16-13-10-7-2/h51-54,59H,6-50H2,1-5H3,(H,64,65)(H,66,67)/t52-,53+,54+/m0/s1. The Kier molecular flexibility index (Phi) is 50.8. The van der Waals surface area contributed by atoms with E-state index >= 15 is 0 Å². The van der Waals surface area contributed by atoms with Crippen LogP contribution in [0, 0.1) is 5.92 Å². The summed E-state index contributed by atoms with van der Waals surface area (Å²) in [5.41, 5.74) is 0. The zero-order chi connectivity index (χ0) is 57.1. The van der Waals surface area contributed by atoms with Crippen molar-refractivity contribution in [1.82, 2.24) is 0 Å². The van der Waals surface area contributed by atoms with Gasteiger partial charge in [0.1, 0.15) is 19.3 Å². The van der Waals surface area contributed by atoms with Gasteiger partial charge in [0.05, 0.1) is 26.4 Å². The molecule has 0 saturated heterocycles. The van der Waals surface area contributed by atoms with E-state index in [0.29, 0.717) is 25.7 Å². The first-order chi connectivity index (χ1) is 37.0. The molecule has 3 N–H and O–H groups in total. The molecule has 0 spiro atoms. The highest BCUT2D eigenvalue weighted by Gasteiger charge is 2.30. The van der Waals surface area contributed by atoms with Crippen LogP contribution in [0.3, 0.4) is 0 Å². The van der Waals surface area contributed by atoms with Gasteiger partial charge in [-0.15, -0.1) is 0 Å². The maximum atomic E-state index is 12.9. The lowest BCUT2D eigenvalue weighted by Gasteiger charge is -2.21. The van der Waals surface area contributed by atoms with Crippen LogP contribution in [0.25, 0.3) is 0 Å². The number of rotatable bonds is 58. The van der Waals surface area contributed by atoms with Gasteiger partial charge in [0.25, 0.3) is 0 Å². The number of esters is 4. The second kappa shape index (κ2) is 52.2. The van der Waals surface area contributed by atoms with Crippen molar-refractivity contribution in [1.29, 1.82) is 0 Å². The van der Waals surface area contributed by atoms with Crippen molar-refractivity contribution in [3.05, 3.63) is 0 Å². The van der Waals surface area contributed by atoms with Gasteiger partial charge in [-0.3, -0.25) is 37.3 Å². The Balaban J connectivity index is 5.18. The number of carbonyl (C=O) groups excluding carboxylic acids is 4. The van der Waals surface area contributed by atoms with E-state index in [0.717, 1.165) is 102 Å². The number of aliphatic hydroxyl groups excluding tert-OH is 1. The summed E-state index contributed by atoms with van der Waals surface area (Å²) in [7, 11) is -9.86. The first kappa shape index (κ1) is 75.1. The van der Waals surface area contributed by atoms with Gasteiger partial charge in [-0.05, 0) is 31.6 Å². The van der Waals surface area contributed by atoms with Crippen LogP contribution in [0.15, 0.2) is 0 Å². The predicted molar refractivity (Wildman–Crippen MR) is 303 cm³/mol. The van der Waals surface area contributed by atoms with E-state index in [1.165, 1.54) is 103 Å². The van der Waals surface area contributed by atoms with E-state index in [1.807, 2.05) is 0 Å². The van der Waals surface area contributed by atoms with E-state index in [4.69, 9.17) is 37.0 Å². The van der Waals surface area contributed by atoms with Crippen LogP contribution in [-0.2, 0) is 65.4 Å². The molecule has 0 aliphatic carbocycles. The average Bonchev–Trinajstić information content (AvgIpc) is 3.39. The van der Waals surface area contributed by atoms with Crippen molar-refractivity contribution in [3.8, 4) is 0 Å². The lowest BCUT2D eigenvalue weighted by Crippen LogP contribution is -2.30. The second-order valence-corrected chi connectivity index (χ2v) is 24.4. The van der Waals surface area contributed by atoms with Crippen LogP contribution in [-0.4, -0.2) is 96.7 Å². The molecule has 0 aromatic rings. The average molecular weight is 1140 g/mol. The summed E-state index contributed by atoms with van der Waals surface area (Å²) in [5, 5.41) is 10.5. The van der Waals surface area contributed by atoms with Crippen molar-refractivity contribution in [2.45, 2.75) is 303 Å². The van der Waals surface area contributed by atoms with E-state index in [1.54, 1.807) is 0 Å². The maximum absolute atomic E-state index is 12.9. The number of hydrogen-bond acceptors (Lipinski definition) is 15. The third kappa shape index (κ3) is 53.2. The quantitative estimate of drug-likeness (QED) is 0.0222. The van der Waals surface area contributed by atoms with E-state index in [9.17, 15) is 43.2 Å². The topological polar surface area (TPSA) is 237 Å². The van der Waals surface area contributed by atoms with Gasteiger partial charge in [-0.25, -0.2) is 9.13 Å². The summed E-state index contributed by atoms with van der Waals surface area (Å²) in [4.78, 5) is 71.6. The minimum atomic E-state index is -4.94. The van der Waals surface area contributed by atoms with E-state index < -0.39 is 97.5 Å². The van der Waals surface area contributed by atoms with Crippen molar-refractivity contribution >= 4 is 39.5 Å². The fraction of sp³-hybridized carbons (Fsp3) is 0.931. The Morgan fingerprint density at radius 2 is 0.597 bits per heavy atom. The largest absolute Gasteiger partial charge is 0.472 e. The third-order valence-electron chi connectivity index (χ3n) is 13.3. The fourth-order valence-electron chi connectivity index (χ4n) is 8.52. The lowest BCUT2D eigenvalue weighted by molar-refractivity contribution is -0.161. The summed E-state index contributed by atoms with van der Waals surface area (Å²) in [6.07, 6.45) is 33.8. The number of carbonyl (C=O) groups is 4. The van der Waals surface area contributed by atoms with E-state index in [2.05, 4.69) is 34.6 Å². The molecule has 0 heterocycles. The molecule has 0 amide bonds. The molecule has 0 radical (unpaired) electrons. The number of ether oxygens (including phenoxy) is 4. The Labute approximate surface area is 467 Å². The zero-order valence-corrected chi connectivity index (χ0v) is 50.9. The molecule has 5 atom stereocenters. The second-order valence-electron chi connectivity index (χ2n) is 21.5. The molecule has 0 aromatic heterocycles. The molecule has 0 aromatic carbocycles. The number of phosphoric ester groups is 2. The van der Waals surface area contributed by atoms with Crippen LogP contribution in [0.4, 0.5) is 0 Å². The normalized spacial score (nSPS) is 14.4. The summed E-state index contributed by atoms with van der Waals surface area (Å²) in [6.45, 7) is 7.01. The van der Waals surface area contributed by atoms with Crippen LogP contribution in [0.5, 0.6) is 0 Å². The highest BCUT2D eigenvalue weighted by molar-refractivity contribution is 7.47. The first-order valence-electron chi connectivity index (χ1n) is 30.6. The summed E-state index contributed by atoms with van der Waals surface area (Å²) in [6, 6.07) is 0. The highest BCUT2D eigenvalue weighted by atomic mass is 31.2. The van der Waals surface area contributed by atoms with Crippen molar-refractivity contribution in [3.63, 3.8) is 0 Å². The minimum absolute atomic E-state index is 0.105. The fourth-order valence-corrected chi connectivity index (χ4v) is 10.1. The molecule has 17 nitrogen and oxygen atoms in total. The van der Waals surface area contributed by atoms with Crippen LogP contribution in [0.1, 0.15) is 285 Å². The third-order valence-corrected chi connectivity index (χ3v) is 15.2. The summed E-state index contributed by atoms with van der Waals surface area (Å²) >= 11 is 0. The Morgan fingerprint density at radius 1 is 0.351 bits per heavy atom. The van der Waals surface area contributed by atoms with Gasteiger partial charge in [0.15, 0.2) is 12.2 Å². The lowest BCUT2D eigenvalue weighted by atomic mass is 10.0. The van der Waals surface area contributed by atoms with Gasteiger partial charge in [-0.1, -0.05) is 234 Å². The van der Waals surface area contributed by atoms with Crippen LogP contribution in [0.2, 0.25) is 0 Å². The van der Waals surface area contributed by atoms with Crippen LogP contribution < -0.4 is 0 Å². The van der Waals surface area contributed by atoms with Gasteiger partial charge >= 0.3 is 39.5 Å². The zero-order valence-electron chi connectivity index (χ0n) is 49.1. The molecular weight excluding hydrogens is 1030 g/mol. The molecular formula is C58H112O17P2. The van der Waals surface area contributed by atoms with Crippen molar-refractivity contribution in [2.75, 3.05) is 39.6 Å². The van der Waals surface area contributed by atoms with Gasteiger partial charge in [-0.2, -0.15) is 0 Å². The number of unbranched alkanes of at least 4 members (excludes halogenated alkanes) is 30. The molecule has 0 aliphatic heterocycles. The molecule has 0 aliphatic rings. The van der Waals surface area contributed by atoms with Crippen LogP contribution >= 0.6 is 15.6 Å². The minimum Gasteiger partial charge on any atom is -0.462 e. The Hall–Kier alpha value is -1.94. The van der Waals surface area contributed by atoms with Gasteiger partial charge < -0.3 is 33.8 Å². The molecule has 0 rings (SSSR count). The predicted octanol–water partition coefficient (Wildman–Crippen LogP) is 15.5. The molecule has 19 heteroatoms. The molecule has 77 heavy (non-hydrogen) atoms. The van der Waals surface area contributed by atoms with Crippen molar-refractivity contribution in [2.24, 2.45) is 5.92 Å². The maximum Gasteiger partial charge on any atom is 0.472 e. The number of phosphoric acid groups is 2. The molecule has 0 fully saturated rings. The monoisotopic (exact) mass is 1140 g/mol. The molecule has 0 saturated carbocycles. The van der Waals surface area contributed by atoms with Crippen molar-refractivity contribution < 1.29 is 80.2 Å². The van der Waals surface area contributed by atoms with Gasteiger partial charge in [0.2, 0.25) is 0 Å². The highest BCUT2D eigenvalue weighted by Crippen LogP contribution is 2.45. The summed E-state index contributed by atoms with van der Waals surface area (Å²) in [5.74, 6) is -1.43. The molecule has 456 valence electrons. The smallest absolute Gasteiger partial charge is 0.462 e. The molecule has 0 bridgehead atoms. The Bertz CT molecular complexity index is 1520.